The number of hydrogen-bond donors (Lipinski definition) is 1. The fourth-order valence-electron chi connectivity index (χ4n) is 3.49. The second kappa shape index (κ2) is 14.9. The van der Waals surface area contributed by atoms with Gasteiger partial charge in [-0.2, -0.15) is 0 Å². The Hall–Kier alpha value is -2.04. The molecule has 1 rings (SSSR count). The third kappa shape index (κ3) is 9.32. The number of esters is 1. The number of carboxylic acids is 1. The maximum Gasteiger partial charge on any atom is 0.323 e. The zero-order chi connectivity index (χ0) is 23.1. The van der Waals surface area contributed by atoms with Crippen LogP contribution in [0.3, 0.4) is 0 Å². The Bertz CT molecular complexity index is 640. The molecule has 0 aromatic heterocycles. The van der Waals surface area contributed by atoms with Crippen LogP contribution in [0.5, 0.6) is 5.75 Å². The number of carbonyl (C=O) groups is 2. The molecule has 176 valence electrons. The van der Waals surface area contributed by atoms with Gasteiger partial charge in [-0.1, -0.05) is 71.4 Å². The van der Waals surface area contributed by atoms with E-state index in [4.69, 9.17) is 9.47 Å². The highest BCUT2D eigenvalue weighted by molar-refractivity contribution is 5.99. The summed E-state index contributed by atoms with van der Waals surface area (Å²) in [5.74, 6) is -0.867. The lowest BCUT2D eigenvalue weighted by atomic mass is 9.77. The molecule has 0 aliphatic rings. The fourth-order valence-corrected chi connectivity index (χ4v) is 3.49. The molecule has 0 saturated carbocycles. The van der Waals surface area contributed by atoms with E-state index < -0.39 is 17.4 Å². The van der Waals surface area contributed by atoms with Crippen molar-refractivity contribution in [3.05, 3.63) is 29.8 Å². The quantitative estimate of drug-likeness (QED) is 0.170. The number of ether oxygens (including phenoxy) is 2. The normalized spacial score (nSPS) is 13.9. The molecule has 0 bridgehead atoms. The van der Waals surface area contributed by atoms with Crippen molar-refractivity contribution in [3.63, 3.8) is 0 Å². The molecule has 5 nitrogen and oxygen atoms in total. The van der Waals surface area contributed by atoms with Crippen LogP contribution >= 0.6 is 0 Å². The minimum Gasteiger partial charge on any atom is -0.494 e. The predicted molar refractivity (Wildman–Crippen MR) is 124 cm³/mol. The largest absolute Gasteiger partial charge is 0.494 e. The first-order valence-electron chi connectivity index (χ1n) is 12.1. The third-order valence-electron chi connectivity index (χ3n) is 5.92. The van der Waals surface area contributed by atoms with E-state index in [1.165, 1.54) is 25.7 Å². The number of carboxylic acid groups (broad SMARTS) is 1. The maximum absolute atomic E-state index is 12.8. The van der Waals surface area contributed by atoms with Crippen molar-refractivity contribution >= 4 is 11.9 Å². The van der Waals surface area contributed by atoms with Crippen molar-refractivity contribution in [3.8, 4) is 5.75 Å². The van der Waals surface area contributed by atoms with Crippen LogP contribution in [0.4, 0.5) is 0 Å². The smallest absolute Gasteiger partial charge is 0.323 e. The van der Waals surface area contributed by atoms with Gasteiger partial charge in [0, 0.05) is 0 Å². The Labute approximate surface area is 188 Å². The Balaban J connectivity index is 2.72. The average Bonchev–Trinajstić information content (AvgIpc) is 2.76. The molecule has 0 aliphatic heterocycles. The maximum atomic E-state index is 12.8. The molecule has 0 amide bonds. The molecule has 2 unspecified atom stereocenters. The average molecular weight is 435 g/mol. The molecule has 0 radical (unpaired) electrons. The SMILES string of the molecule is CCCCCCCOc1ccc(CCC(CCCC)(C(=O)O)C(=O)OC(C)CC)cc1. The Morgan fingerprint density at radius 3 is 2.16 bits per heavy atom. The Kier molecular flexibility index (Phi) is 13.0. The summed E-state index contributed by atoms with van der Waals surface area (Å²) in [5, 5.41) is 9.98. The number of benzene rings is 1. The third-order valence-corrected chi connectivity index (χ3v) is 5.92. The van der Waals surface area contributed by atoms with Crippen LogP contribution in [0.1, 0.15) is 97.5 Å². The van der Waals surface area contributed by atoms with Crippen LogP contribution in [-0.4, -0.2) is 29.8 Å². The molecule has 31 heavy (non-hydrogen) atoms. The monoisotopic (exact) mass is 434 g/mol. The summed E-state index contributed by atoms with van der Waals surface area (Å²) in [6.07, 6.45) is 8.92. The van der Waals surface area contributed by atoms with Gasteiger partial charge in [0.2, 0.25) is 0 Å². The van der Waals surface area contributed by atoms with Gasteiger partial charge in [-0.3, -0.25) is 9.59 Å². The summed E-state index contributed by atoms with van der Waals surface area (Å²) in [5.41, 5.74) is -0.499. The summed E-state index contributed by atoms with van der Waals surface area (Å²) in [6, 6.07) is 7.76. The van der Waals surface area contributed by atoms with Crippen molar-refractivity contribution < 1.29 is 24.2 Å². The molecule has 5 heteroatoms. The van der Waals surface area contributed by atoms with Crippen molar-refractivity contribution in [2.75, 3.05) is 6.61 Å². The van der Waals surface area contributed by atoms with E-state index in [0.29, 0.717) is 32.3 Å². The second-order valence-corrected chi connectivity index (χ2v) is 8.52. The van der Waals surface area contributed by atoms with Gasteiger partial charge in [0.15, 0.2) is 5.41 Å². The van der Waals surface area contributed by atoms with E-state index in [-0.39, 0.29) is 12.5 Å². The Morgan fingerprint density at radius 1 is 0.935 bits per heavy atom. The molecule has 2 atom stereocenters. The van der Waals surface area contributed by atoms with Crippen molar-refractivity contribution in [2.24, 2.45) is 5.41 Å². The summed E-state index contributed by atoms with van der Waals surface area (Å²) in [6.45, 7) is 8.63. The zero-order valence-electron chi connectivity index (χ0n) is 20.0. The molecule has 0 heterocycles. The number of carbonyl (C=O) groups excluding carboxylic acids is 1. The predicted octanol–water partition coefficient (Wildman–Crippen LogP) is 6.57. The molecule has 0 spiro atoms. The molecular formula is C26H42O5. The number of rotatable bonds is 17. The Morgan fingerprint density at radius 2 is 1.58 bits per heavy atom. The van der Waals surface area contributed by atoms with E-state index in [1.54, 1.807) is 6.92 Å². The standard InChI is InChI=1S/C26H42O5/c1-5-8-10-11-12-20-30-23-15-13-22(14-16-23)17-19-26(24(27)28,18-9-6-2)25(29)31-21(4)7-3/h13-16,21H,5-12,17-20H2,1-4H3,(H,27,28). The number of hydrogen-bond acceptors (Lipinski definition) is 4. The molecule has 0 fully saturated rings. The van der Waals surface area contributed by atoms with Gasteiger partial charge in [-0.15, -0.1) is 0 Å². The number of aryl methyl sites for hydroxylation is 1. The minimum absolute atomic E-state index is 0.231. The fraction of sp³-hybridized carbons (Fsp3) is 0.692. The van der Waals surface area contributed by atoms with Gasteiger partial charge in [0.25, 0.3) is 0 Å². The highest BCUT2D eigenvalue weighted by Crippen LogP contribution is 2.34. The van der Waals surface area contributed by atoms with E-state index in [1.807, 2.05) is 38.1 Å². The highest BCUT2D eigenvalue weighted by atomic mass is 16.5. The van der Waals surface area contributed by atoms with Crippen LogP contribution < -0.4 is 4.74 Å². The zero-order valence-corrected chi connectivity index (χ0v) is 20.0. The van der Waals surface area contributed by atoms with E-state index in [0.717, 1.165) is 24.2 Å². The minimum atomic E-state index is -1.49. The molecule has 1 aromatic carbocycles. The summed E-state index contributed by atoms with van der Waals surface area (Å²) in [7, 11) is 0. The lowest BCUT2D eigenvalue weighted by Gasteiger charge is -2.29. The van der Waals surface area contributed by atoms with Crippen LogP contribution in [0.25, 0.3) is 0 Å². The lowest BCUT2D eigenvalue weighted by Crippen LogP contribution is -2.42. The second-order valence-electron chi connectivity index (χ2n) is 8.52. The van der Waals surface area contributed by atoms with Crippen LogP contribution in [0, 0.1) is 5.41 Å². The molecular weight excluding hydrogens is 392 g/mol. The molecule has 1 aromatic rings. The molecule has 0 saturated heterocycles. The van der Waals surface area contributed by atoms with Crippen LogP contribution in [0.15, 0.2) is 24.3 Å². The molecule has 1 N–H and O–H groups in total. The first-order valence-corrected chi connectivity index (χ1v) is 12.1. The van der Waals surface area contributed by atoms with E-state index >= 15 is 0 Å². The number of unbranched alkanes of at least 4 members (excludes halogenated alkanes) is 5. The molecule has 0 aliphatic carbocycles. The van der Waals surface area contributed by atoms with Crippen LogP contribution in [0.2, 0.25) is 0 Å². The van der Waals surface area contributed by atoms with Gasteiger partial charge >= 0.3 is 11.9 Å². The van der Waals surface area contributed by atoms with Crippen molar-refractivity contribution in [1.82, 2.24) is 0 Å². The van der Waals surface area contributed by atoms with E-state index in [9.17, 15) is 14.7 Å². The summed E-state index contributed by atoms with van der Waals surface area (Å²) >= 11 is 0. The summed E-state index contributed by atoms with van der Waals surface area (Å²) < 4.78 is 11.3. The van der Waals surface area contributed by atoms with E-state index in [2.05, 4.69) is 6.92 Å². The highest BCUT2D eigenvalue weighted by Gasteiger charge is 2.47. The van der Waals surface area contributed by atoms with Gasteiger partial charge in [0.1, 0.15) is 5.75 Å². The first-order chi connectivity index (χ1) is 14.9. The van der Waals surface area contributed by atoms with Gasteiger partial charge in [-0.25, -0.2) is 0 Å². The van der Waals surface area contributed by atoms with Gasteiger partial charge in [0.05, 0.1) is 12.7 Å². The van der Waals surface area contributed by atoms with Gasteiger partial charge in [-0.05, 0) is 56.7 Å². The topological polar surface area (TPSA) is 72.8 Å². The number of aliphatic carboxylic acids is 1. The lowest BCUT2D eigenvalue weighted by molar-refractivity contribution is -0.173. The first kappa shape index (κ1) is 27.0. The van der Waals surface area contributed by atoms with Crippen molar-refractivity contribution in [1.29, 1.82) is 0 Å². The van der Waals surface area contributed by atoms with Crippen molar-refractivity contribution in [2.45, 2.75) is 104 Å². The summed E-state index contributed by atoms with van der Waals surface area (Å²) in [4.78, 5) is 25.1. The van der Waals surface area contributed by atoms with Gasteiger partial charge < -0.3 is 14.6 Å². The van der Waals surface area contributed by atoms with Crippen LogP contribution in [-0.2, 0) is 20.7 Å².